The summed E-state index contributed by atoms with van der Waals surface area (Å²) in [5.41, 5.74) is 2.32. The minimum absolute atomic E-state index is 0.565. The van der Waals surface area contributed by atoms with Crippen molar-refractivity contribution < 1.29 is 4.74 Å². The molecule has 1 aliphatic rings. The average molecular weight is 333 g/mol. The number of hydrogen-bond donors (Lipinski definition) is 1. The van der Waals surface area contributed by atoms with Crippen molar-refractivity contribution in [3.8, 4) is 5.75 Å². The van der Waals surface area contributed by atoms with E-state index in [-0.39, 0.29) is 0 Å². The molecule has 1 aromatic heterocycles. The van der Waals surface area contributed by atoms with E-state index in [0.29, 0.717) is 12.6 Å². The minimum Gasteiger partial charge on any atom is -0.487 e. The van der Waals surface area contributed by atoms with E-state index in [4.69, 9.17) is 4.74 Å². The topological polar surface area (TPSA) is 34.1 Å². The van der Waals surface area contributed by atoms with E-state index in [9.17, 15) is 0 Å². The summed E-state index contributed by atoms with van der Waals surface area (Å²) in [7, 11) is 0. The number of nitrogens with zero attached hydrogens (tertiary/aromatic N) is 1. The zero-order chi connectivity index (χ0) is 13.8. The van der Waals surface area contributed by atoms with Crippen molar-refractivity contribution in [1.82, 2.24) is 10.3 Å². The number of nitrogens with one attached hydrogen (secondary N) is 1. The Kier molecular flexibility index (Phi) is 4.33. The third-order valence-corrected chi connectivity index (χ3v) is 3.86. The molecule has 1 aromatic carbocycles. The molecule has 3 nitrogen and oxygen atoms in total. The molecule has 0 spiro atoms. The predicted molar refractivity (Wildman–Crippen MR) is 82.6 cm³/mol. The van der Waals surface area contributed by atoms with Crippen LogP contribution in [-0.4, -0.2) is 11.0 Å². The summed E-state index contributed by atoms with van der Waals surface area (Å²) in [6.45, 7) is 1.41. The second-order valence-electron chi connectivity index (χ2n) is 5.05. The van der Waals surface area contributed by atoms with Crippen LogP contribution in [0.3, 0.4) is 0 Å². The zero-order valence-corrected chi connectivity index (χ0v) is 12.8. The summed E-state index contributed by atoms with van der Waals surface area (Å²) in [6.07, 6.45) is 6.19. The van der Waals surface area contributed by atoms with E-state index in [1.807, 2.05) is 24.4 Å². The first-order valence-electron chi connectivity index (χ1n) is 6.85. The van der Waals surface area contributed by atoms with Gasteiger partial charge in [0.15, 0.2) is 0 Å². The zero-order valence-electron chi connectivity index (χ0n) is 11.2. The second kappa shape index (κ2) is 6.37. The van der Waals surface area contributed by atoms with Gasteiger partial charge in [0.2, 0.25) is 0 Å². The molecular weight excluding hydrogens is 316 g/mol. The van der Waals surface area contributed by atoms with Gasteiger partial charge in [0, 0.05) is 28.8 Å². The van der Waals surface area contributed by atoms with Crippen LogP contribution in [-0.2, 0) is 13.2 Å². The molecule has 0 saturated heterocycles. The van der Waals surface area contributed by atoms with Gasteiger partial charge in [-0.1, -0.05) is 28.1 Å². The largest absolute Gasteiger partial charge is 0.487 e. The van der Waals surface area contributed by atoms with Crippen LogP contribution in [0.4, 0.5) is 0 Å². The van der Waals surface area contributed by atoms with E-state index in [0.717, 1.165) is 22.3 Å². The first kappa shape index (κ1) is 13.6. The molecule has 0 atom stereocenters. The van der Waals surface area contributed by atoms with Crippen molar-refractivity contribution in [2.24, 2.45) is 0 Å². The van der Waals surface area contributed by atoms with E-state index in [1.54, 1.807) is 6.20 Å². The van der Waals surface area contributed by atoms with Gasteiger partial charge in [-0.2, -0.15) is 0 Å². The Morgan fingerprint density at radius 2 is 2.00 bits per heavy atom. The molecule has 3 rings (SSSR count). The number of hydrogen-bond acceptors (Lipinski definition) is 3. The lowest BCUT2D eigenvalue weighted by molar-refractivity contribution is 0.301. The Balaban J connectivity index is 1.62. The van der Waals surface area contributed by atoms with Gasteiger partial charge in [-0.15, -0.1) is 0 Å². The van der Waals surface area contributed by atoms with Gasteiger partial charge < -0.3 is 10.1 Å². The van der Waals surface area contributed by atoms with Crippen molar-refractivity contribution in [3.05, 3.63) is 58.3 Å². The molecule has 0 aliphatic heterocycles. The van der Waals surface area contributed by atoms with Crippen LogP contribution in [0.1, 0.15) is 24.0 Å². The van der Waals surface area contributed by atoms with Crippen molar-refractivity contribution in [2.45, 2.75) is 32.0 Å². The molecule has 4 heteroatoms. The lowest BCUT2D eigenvalue weighted by Gasteiger charge is -2.11. The molecule has 0 amide bonds. The Morgan fingerprint density at radius 3 is 2.75 bits per heavy atom. The van der Waals surface area contributed by atoms with Crippen LogP contribution in [0.5, 0.6) is 5.75 Å². The summed E-state index contributed by atoms with van der Waals surface area (Å²) in [6, 6.07) is 10.9. The average Bonchev–Trinajstić information content (AvgIpc) is 3.30. The molecule has 104 valence electrons. The third kappa shape index (κ3) is 3.81. The van der Waals surface area contributed by atoms with E-state index in [1.165, 1.54) is 18.4 Å². The Labute approximate surface area is 127 Å². The van der Waals surface area contributed by atoms with Gasteiger partial charge in [0.1, 0.15) is 12.4 Å². The Bertz CT molecular complexity index is 567. The second-order valence-corrected chi connectivity index (χ2v) is 5.97. The quantitative estimate of drug-likeness (QED) is 0.876. The highest BCUT2D eigenvalue weighted by atomic mass is 79.9. The summed E-state index contributed by atoms with van der Waals surface area (Å²) in [5, 5.41) is 3.50. The molecule has 1 heterocycles. The fourth-order valence-corrected chi connectivity index (χ4v) is 2.23. The lowest BCUT2D eigenvalue weighted by Crippen LogP contribution is -2.16. The van der Waals surface area contributed by atoms with Gasteiger partial charge in [-0.25, -0.2) is 0 Å². The molecule has 0 unspecified atom stereocenters. The summed E-state index contributed by atoms with van der Waals surface area (Å²) in [4.78, 5) is 4.15. The van der Waals surface area contributed by atoms with Gasteiger partial charge in [0.05, 0.1) is 6.20 Å². The normalized spacial score (nSPS) is 14.2. The highest BCUT2D eigenvalue weighted by Gasteiger charge is 2.20. The van der Waals surface area contributed by atoms with Crippen molar-refractivity contribution >= 4 is 15.9 Å². The molecule has 0 radical (unpaired) electrons. The summed E-state index contributed by atoms with van der Waals surface area (Å²) < 4.78 is 6.98. The summed E-state index contributed by atoms with van der Waals surface area (Å²) in [5.74, 6) is 0.864. The van der Waals surface area contributed by atoms with Gasteiger partial charge in [-0.05, 0) is 36.6 Å². The molecule has 1 aliphatic carbocycles. The number of ether oxygens (including phenoxy) is 1. The molecule has 1 fully saturated rings. The Hall–Kier alpha value is -1.39. The number of pyridine rings is 1. The van der Waals surface area contributed by atoms with Crippen molar-refractivity contribution in [1.29, 1.82) is 0 Å². The van der Waals surface area contributed by atoms with Gasteiger partial charge >= 0.3 is 0 Å². The number of rotatable bonds is 6. The summed E-state index contributed by atoms with van der Waals surface area (Å²) >= 11 is 3.43. The predicted octanol–water partition coefficient (Wildman–Crippen LogP) is 3.68. The highest BCUT2D eigenvalue weighted by Crippen LogP contribution is 2.22. The lowest BCUT2D eigenvalue weighted by atomic mass is 10.2. The monoisotopic (exact) mass is 332 g/mol. The molecule has 2 aromatic rings. The SMILES string of the molecule is Brc1ccc(COc2cnccc2CNC2CC2)cc1. The smallest absolute Gasteiger partial charge is 0.142 e. The molecular formula is C16H17BrN2O. The number of aromatic nitrogens is 1. The molecule has 20 heavy (non-hydrogen) atoms. The molecule has 1 N–H and O–H groups in total. The van der Waals surface area contributed by atoms with Crippen LogP contribution in [0.25, 0.3) is 0 Å². The first-order valence-corrected chi connectivity index (χ1v) is 7.64. The standard InChI is InChI=1S/C16H17BrN2O/c17-14-3-1-12(2-4-14)11-20-16-10-18-8-7-13(16)9-19-15-5-6-15/h1-4,7-8,10,15,19H,5-6,9,11H2. The fourth-order valence-electron chi connectivity index (χ4n) is 1.97. The van der Waals surface area contributed by atoms with E-state index in [2.05, 4.69) is 38.4 Å². The van der Waals surface area contributed by atoms with Gasteiger partial charge in [0.25, 0.3) is 0 Å². The van der Waals surface area contributed by atoms with Crippen LogP contribution in [0.15, 0.2) is 47.2 Å². The molecule has 1 saturated carbocycles. The third-order valence-electron chi connectivity index (χ3n) is 3.34. The van der Waals surface area contributed by atoms with E-state index < -0.39 is 0 Å². The van der Waals surface area contributed by atoms with Crippen molar-refractivity contribution in [3.63, 3.8) is 0 Å². The number of halogens is 1. The highest BCUT2D eigenvalue weighted by molar-refractivity contribution is 9.10. The van der Waals surface area contributed by atoms with Crippen LogP contribution in [0.2, 0.25) is 0 Å². The van der Waals surface area contributed by atoms with Crippen molar-refractivity contribution in [2.75, 3.05) is 0 Å². The maximum atomic E-state index is 5.90. The maximum absolute atomic E-state index is 5.90. The minimum atomic E-state index is 0.565. The van der Waals surface area contributed by atoms with Crippen LogP contribution >= 0.6 is 15.9 Å². The van der Waals surface area contributed by atoms with Gasteiger partial charge in [-0.3, -0.25) is 4.98 Å². The first-order chi connectivity index (χ1) is 9.81. The Morgan fingerprint density at radius 1 is 1.20 bits per heavy atom. The maximum Gasteiger partial charge on any atom is 0.142 e. The van der Waals surface area contributed by atoms with Crippen LogP contribution < -0.4 is 10.1 Å². The fraction of sp³-hybridized carbons (Fsp3) is 0.312. The van der Waals surface area contributed by atoms with Crippen LogP contribution in [0, 0.1) is 0 Å². The molecule has 0 bridgehead atoms. The van der Waals surface area contributed by atoms with E-state index >= 15 is 0 Å². The number of benzene rings is 1.